The van der Waals surface area contributed by atoms with Gasteiger partial charge >= 0.3 is 6.18 Å². The lowest BCUT2D eigenvalue weighted by Crippen LogP contribution is -2.03. The summed E-state index contributed by atoms with van der Waals surface area (Å²) in [6.45, 7) is 4.00. The Labute approximate surface area is 117 Å². The van der Waals surface area contributed by atoms with E-state index in [0.717, 1.165) is 12.1 Å². The van der Waals surface area contributed by atoms with Crippen LogP contribution in [0.25, 0.3) is 0 Å². The van der Waals surface area contributed by atoms with E-state index in [1.165, 1.54) is 12.1 Å². The minimum Gasteiger partial charge on any atom is -0.457 e. The molecular formula is C15H18F3NO. The molecule has 0 atom stereocenters. The molecule has 0 amide bonds. The van der Waals surface area contributed by atoms with Crippen molar-refractivity contribution in [3.05, 3.63) is 54.1 Å². The molecule has 5 heteroatoms. The highest BCUT2D eigenvalue weighted by molar-refractivity contribution is 5.43. The van der Waals surface area contributed by atoms with Crippen molar-refractivity contribution in [2.45, 2.75) is 20.0 Å². The highest BCUT2D eigenvalue weighted by Crippen LogP contribution is 2.31. The number of nitrogens with two attached hydrogens (primary N) is 1. The molecular weight excluding hydrogens is 267 g/mol. The predicted octanol–water partition coefficient (Wildman–Crippen LogP) is 5.35. The summed E-state index contributed by atoms with van der Waals surface area (Å²) in [6.07, 6.45) is -4.33. The first-order valence-electron chi connectivity index (χ1n) is 6.16. The van der Waals surface area contributed by atoms with E-state index in [0.29, 0.717) is 17.2 Å². The van der Waals surface area contributed by atoms with E-state index in [2.05, 4.69) is 0 Å². The molecule has 0 saturated heterocycles. The van der Waals surface area contributed by atoms with Gasteiger partial charge < -0.3 is 10.5 Å². The Hall–Kier alpha value is -2.17. The lowest BCUT2D eigenvalue weighted by Gasteiger charge is -2.09. The standard InChI is InChI=1S/C13H10F3NO.C2H6.H2/c14-13(15,16)9-1-5-11(6-2-9)18-12-7-3-10(17)4-8-12;1-2;/h1-8H,17H2;1-2H3;1H. The largest absolute Gasteiger partial charge is 0.457 e. The Morgan fingerprint density at radius 1 is 0.850 bits per heavy atom. The van der Waals surface area contributed by atoms with Crippen molar-refractivity contribution in [2.75, 3.05) is 5.73 Å². The van der Waals surface area contributed by atoms with E-state index in [1.807, 2.05) is 13.8 Å². The van der Waals surface area contributed by atoms with Crippen molar-refractivity contribution in [1.29, 1.82) is 0 Å². The smallest absolute Gasteiger partial charge is 0.416 e. The lowest BCUT2D eigenvalue weighted by molar-refractivity contribution is -0.137. The van der Waals surface area contributed by atoms with E-state index < -0.39 is 11.7 Å². The van der Waals surface area contributed by atoms with Crippen LogP contribution in [0.3, 0.4) is 0 Å². The number of hydrogen-bond donors (Lipinski definition) is 1. The molecule has 2 N–H and O–H groups in total. The maximum absolute atomic E-state index is 12.3. The van der Waals surface area contributed by atoms with E-state index >= 15 is 0 Å². The summed E-state index contributed by atoms with van der Waals surface area (Å²) in [7, 11) is 0. The molecule has 2 rings (SSSR count). The number of benzene rings is 2. The zero-order chi connectivity index (χ0) is 15.2. The third-order valence-corrected chi connectivity index (χ3v) is 2.30. The molecule has 0 aromatic heterocycles. The molecule has 2 aromatic rings. The van der Waals surface area contributed by atoms with Crippen LogP contribution in [-0.4, -0.2) is 0 Å². The summed E-state index contributed by atoms with van der Waals surface area (Å²) < 4.78 is 42.4. The second-order valence-electron chi connectivity index (χ2n) is 3.69. The summed E-state index contributed by atoms with van der Waals surface area (Å²) in [6, 6.07) is 11.1. The highest BCUT2D eigenvalue weighted by Gasteiger charge is 2.29. The zero-order valence-electron chi connectivity index (χ0n) is 11.2. The van der Waals surface area contributed by atoms with Crippen molar-refractivity contribution in [2.24, 2.45) is 0 Å². The minimum absolute atomic E-state index is 0. The third-order valence-electron chi connectivity index (χ3n) is 2.30. The third kappa shape index (κ3) is 4.50. The lowest BCUT2D eigenvalue weighted by atomic mass is 10.2. The average molecular weight is 285 g/mol. The fraction of sp³-hybridized carbons (Fsp3) is 0.200. The number of halogens is 3. The molecule has 0 bridgehead atoms. The molecule has 0 spiro atoms. The molecule has 0 fully saturated rings. The van der Waals surface area contributed by atoms with Gasteiger partial charge in [-0.1, -0.05) is 13.8 Å². The Balaban J connectivity index is 0.00000128. The number of hydrogen-bond acceptors (Lipinski definition) is 2. The fourth-order valence-electron chi connectivity index (χ4n) is 1.38. The maximum atomic E-state index is 12.3. The summed E-state index contributed by atoms with van der Waals surface area (Å²) in [5.41, 5.74) is 5.40. The van der Waals surface area contributed by atoms with Gasteiger partial charge in [0.1, 0.15) is 11.5 Å². The van der Waals surface area contributed by atoms with Crippen LogP contribution in [0.5, 0.6) is 11.5 Å². The van der Waals surface area contributed by atoms with Crippen molar-refractivity contribution >= 4 is 5.69 Å². The number of anilines is 1. The van der Waals surface area contributed by atoms with E-state index in [9.17, 15) is 13.2 Å². The Kier molecular flexibility index (Phi) is 5.43. The molecule has 0 heterocycles. The first-order chi connectivity index (χ1) is 9.45. The van der Waals surface area contributed by atoms with Gasteiger partial charge in [-0.2, -0.15) is 13.2 Å². The van der Waals surface area contributed by atoms with Gasteiger partial charge in [0.15, 0.2) is 0 Å². The van der Waals surface area contributed by atoms with Crippen LogP contribution in [0.4, 0.5) is 18.9 Å². The Morgan fingerprint density at radius 3 is 1.65 bits per heavy atom. The van der Waals surface area contributed by atoms with Gasteiger partial charge in [-0.15, -0.1) is 0 Å². The number of rotatable bonds is 2. The molecule has 110 valence electrons. The van der Waals surface area contributed by atoms with Gasteiger partial charge in [0.25, 0.3) is 0 Å². The average Bonchev–Trinajstić information content (AvgIpc) is 2.43. The van der Waals surface area contributed by atoms with E-state index in [-0.39, 0.29) is 1.43 Å². The Morgan fingerprint density at radius 2 is 1.25 bits per heavy atom. The van der Waals surface area contributed by atoms with Crippen molar-refractivity contribution < 1.29 is 19.3 Å². The van der Waals surface area contributed by atoms with Gasteiger partial charge in [-0.3, -0.25) is 0 Å². The van der Waals surface area contributed by atoms with Gasteiger partial charge in [-0.05, 0) is 48.5 Å². The fourth-order valence-corrected chi connectivity index (χ4v) is 1.38. The summed E-state index contributed by atoms with van der Waals surface area (Å²) >= 11 is 0. The molecule has 0 aliphatic heterocycles. The quantitative estimate of drug-likeness (QED) is 0.755. The van der Waals surface area contributed by atoms with Crippen LogP contribution in [0.2, 0.25) is 0 Å². The molecule has 2 nitrogen and oxygen atoms in total. The molecule has 20 heavy (non-hydrogen) atoms. The number of nitrogen functional groups attached to an aromatic ring is 1. The molecule has 0 saturated carbocycles. The van der Waals surface area contributed by atoms with Crippen molar-refractivity contribution in [1.82, 2.24) is 0 Å². The van der Waals surface area contributed by atoms with Crippen LogP contribution < -0.4 is 10.5 Å². The van der Waals surface area contributed by atoms with Crippen LogP contribution in [0.1, 0.15) is 20.8 Å². The van der Waals surface area contributed by atoms with E-state index in [1.54, 1.807) is 24.3 Å². The second-order valence-corrected chi connectivity index (χ2v) is 3.69. The number of ether oxygens (including phenoxy) is 1. The molecule has 0 aliphatic carbocycles. The van der Waals surface area contributed by atoms with Crippen LogP contribution in [0, 0.1) is 0 Å². The van der Waals surface area contributed by atoms with Gasteiger partial charge in [0.05, 0.1) is 5.56 Å². The monoisotopic (exact) mass is 285 g/mol. The summed E-state index contributed by atoms with van der Waals surface area (Å²) in [4.78, 5) is 0. The summed E-state index contributed by atoms with van der Waals surface area (Å²) in [5, 5.41) is 0. The predicted molar refractivity (Wildman–Crippen MR) is 75.8 cm³/mol. The minimum atomic E-state index is -4.33. The normalized spacial score (nSPS) is 10.4. The van der Waals surface area contributed by atoms with Crippen LogP contribution in [-0.2, 0) is 6.18 Å². The zero-order valence-corrected chi connectivity index (χ0v) is 11.2. The maximum Gasteiger partial charge on any atom is 0.416 e. The van der Waals surface area contributed by atoms with Crippen LogP contribution in [0.15, 0.2) is 48.5 Å². The highest BCUT2D eigenvalue weighted by atomic mass is 19.4. The molecule has 0 aliphatic rings. The Bertz CT molecular complexity index is 524. The second kappa shape index (κ2) is 6.84. The molecule has 2 aromatic carbocycles. The number of alkyl halides is 3. The van der Waals surface area contributed by atoms with Gasteiger partial charge in [0.2, 0.25) is 0 Å². The van der Waals surface area contributed by atoms with Gasteiger partial charge in [0, 0.05) is 7.11 Å². The first-order valence-corrected chi connectivity index (χ1v) is 6.16. The van der Waals surface area contributed by atoms with Crippen LogP contribution >= 0.6 is 0 Å². The summed E-state index contributed by atoms with van der Waals surface area (Å²) in [5.74, 6) is 0.858. The van der Waals surface area contributed by atoms with Gasteiger partial charge in [-0.25, -0.2) is 0 Å². The first kappa shape index (κ1) is 15.9. The molecule has 0 unspecified atom stereocenters. The SMILES string of the molecule is CC.Nc1ccc(Oc2ccc(C(F)(F)F)cc2)cc1.[HH]. The van der Waals surface area contributed by atoms with E-state index in [4.69, 9.17) is 10.5 Å². The van der Waals surface area contributed by atoms with Crippen molar-refractivity contribution in [3.8, 4) is 11.5 Å². The molecule has 0 radical (unpaired) electrons. The topological polar surface area (TPSA) is 35.2 Å². The van der Waals surface area contributed by atoms with Crippen molar-refractivity contribution in [3.63, 3.8) is 0 Å².